The monoisotopic (exact) mass is 369 g/mol. The molecule has 0 spiro atoms. The number of fused-ring (bicyclic) bond motifs is 1. The van der Waals surface area contributed by atoms with Crippen molar-refractivity contribution in [3.63, 3.8) is 0 Å². The van der Waals surface area contributed by atoms with Crippen LogP contribution in [0.25, 0.3) is 0 Å². The van der Waals surface area contributed by atoms with Gasteiger partial charge in [-0.25, -0.2) is 0 Å². The Kier molecular flexibility index (Phi) is 5.07. The van der Waals surface area contributed by atoms with Crippen molar-refractivity contribution < 1.29 is 14.3 Å². The molecule has 1 saturated heterocycles. The van der Waals surface area contributed by atoms with Gasteiger partial charge in [-0.15, -0.1) is 11.8 Å². The first kappa shape index (κ1) is 17.3. The van der Waals surface area contributed by atoms with Crippen molar-refractivity contribution in [3.8, 4) is 11.5 Å². The third-order valence-electron chi connectivity index (χ3n) is 4.89. The van der Waals surface area contributed by atoms with Crippen molar-refractivity contribution in [3.05, 3.63) is 54.1 Å². The number of carbonyl (C=O) groups excluding carboxylic acids is 1. The Hall–Kier alpha value is -2.14. The number of benzene rings is 2. The van der Waals surface area contributed by atoms with E-state index in [1.54, 1.807) is 11.8 Å². The molecule has 2 aliphatic heterocycles. The Morgan fingerprint density at radius 3 is 2.69 bits per heavy atom. The van der Waals surface area contributed by atoms with Crippen LogP contribution in [-0.4, -0.2) is 35.8 Å². The summed E-state index contributed by atoms with van der Waals surface area (Å²) in [6.45, 7) is 3.99. The molecule has 1 amide bonds. The van der Waals surface area contributed by atoms with E-state index in [-0.39, 0.29) is 17.2 Å². The van der Waals surface area contributed by atoms with E-state index in [0.717, 1.165) is 41.3 Å². The van der Waals surface area contributed by atoms with Crippen LogP contribution in [0.1, 0.15) is 31.4 Å². The van der Waals surface area contributed by atoms with E-state index in [4.69, 9.17) is 9.47 Å². The van der Waals surface area contributed by atoms with Crippen molar-refractivity contribution in [2.75, 3.05) is 19.8 Å². The van der Waals surface area contributed by atoms with Gasteiger partial charge in [0.25, 0.3) is 0 Å². The Morgan fingerprint density at radius 1 is 1.12 bits per heavy atom. The Morgan fingerprint density at radius 2 is 1.88 bits per heavy atom. The van der Waals surface area contributed by atoms with Crippen LogP contribution in [0, 0.1) is 0 Å². The first-order valence-corrected chi connectivity index (χ1v) is 10.0. The standard InChI is InChI=1S/C21H23NO3S/c1-15(26-17-6-3-2-4-7-17)21(23)22-11-5-8-18(22)16-9-10-19-20(14-16)25-13-12-24-19/h2-4,6-7,9-10,14-15,18H,5,8,11-13H2,1H3. The molecule has 2 atom stereocenters. The minimum absolute atomic E-state index is 0.102. The van der Waals surface area contributed by atoms with E-state index in [1.165, 1.54) is 0 Å². The van der Waals surface area contributed by atoms with Gasteiger partial charge in [0.1, 0.15) is 13.2 Å². The molecule has 4 nitrogen and oxygen atoms in total. The summed E-state index contributed by atoms with van der Waals surface area (Å²) in [5.41, 5.74) is 1.14. The predicted octanol–water partition coefficient (Wildman–Crippen LogP) is 4.30. The lowest BCUT2D eigenvalue weighted by Gasteiger charge is -2.28. The van der Waals surface area contributed by atoms with Gasteiger partial charge in [-0.05, 0) is 49.6 Å². The first-order chi connectivity index (χ1) is 12.7. The Balaban J connectivity index is 1.50. The van der Waals surface area contributed by atoms with Crippen molar-refractivity contribution in [1.82, 2.24) is 4.90 Å². The maximum atomic E-state index is 13.1. The topological polar surface area (TPSA) is 38.8 Å². The Bertz CT molecular complexity index is 780. The van der Waals surface area contributed by atoms with E-state index in [0.29, 0.717) is 13.2 Å². The van der Waals surface area contributed by atoms with Crippen molar-refractivity contribution in [1.29, 1.82) is 0 Å². The molecule has 0 aliphatic carbocycles. The minimum Gasteiger partial charge on any atom is -0.486 e. The van der Waals surface area contributed by atoms with Crippen LogP contribution in [0.4, 0.5) is 0 Å². The van der Waals surface area contributed by atoms with Crippen molar-refractivity contribution >= 4 is 17.7 Å². The third kappa shape index (κ3) is 3.54. The second kappa shape index (κ2) is 7.62. The van der Waals surface area contributed by atoms with Crippen LogP contribution in [0.15, 0.2) is 53.4 Å². The van der Waals surface area contributed by atoms with E-state index >= 15 is 0 Å². The molecule has 2 aliphatic rings. The highest BCUT2D eigenvalue weighted by Crippen LogP contribution is 2.39. The minimum atomic E-state index is -0.102. The molecule has 136 valence electrons. The molecule has 0 bridgehead atoms. The summed E-state index contributed by atoms with van der Waals surface area (Å²) >= 11 is 1.62. The summed E-state index contributed by atoms with van der Waals surface area (Å²) in [4.78, 5) is 16.2. The van der Waals surface area contributed by atoms with Crippen molar-refractivity contribution in [2.24, 2.45) is 0 Å². The van der Waals surface area contributed by atoms with Gasteiger partial charge in [0, 0.05) is 11.4 Å². The zero-order valence-electron chi connectivity index (χ0n) is 14.9. The number of rotatable bonds is 4. The van der Waals surface area contributed by atoms with Gasteiger partial charge in [0.05, 0.1) is 11.3 Å². The SMILES string of the molecule is CC(Sc1ccccc1)C(=O)N1CCCC1c1ccc2c(c1)OCCO2. The van der Waals surface area contributed by atoms with E-state index < -0.39 is 0 Å². The molecule has 0 N–H and O–H groups in total. The van der Waals surface area contributed by atoms with Gasteiger partial charge < -0.3 is 14.4 Å². The van der Waals surface area contributed by atoms with Crippen LogP contribution in [0.5, 0.6) is 11.5 Å². The molecule has 1 fully saturated rings. The molecule has 5 heteroatoms. The molecule has 2 aromatic carbocycles. The highest BCUT2D eigenvalue weighted by molar-refractivity contribution is 8.00. The second-order valence-corrected chi connectivity index (χ2v) is 8.08. The van der Waals surface area contributed by atoms with Crippen LogP contribution in [0.3, 0.4) is 0 Å². The largest absolute Gasteiger partial charge is 0.486 e. The maximum Gasteiger partial charge on any atom is 0.236 e. The number of nitrogens with zero attached hydrogens (tertiary/aromatic N) is 1. The predicted molar refractivity (Wildman–Crippen MR) is 103 cm³/mol. The highest BCUT2D eigenvalue weighted by Gasteiger charge is 2.33. The Labute approximate surface area is 158 Å². The molecule has 2 heterocycles. The first-order valence-electron chi connectivity index (χ1n) is 9.14. The van der Waals surface area contributed by atoms with Gasteiger partial charge in [-0.2, -0.15) is 0 Å². The zero-order valence-corrected chi connectivity index (χ0v) is 15.7. The average molecular weight is 369 g/mol. The molecule has 4 rings (SSSR count). The van der Waals surface area contributed by atoms with Crippen LogP contribution in [-0.2, 0) is 4.79 Å². The number of ether oxygens (including phenoxy) is 2. The number of hydrogen-bond acceptors (Lipinski definition) is 4. The van der Waals surface area contributed by atoms with Crippen molar-refractivity contribution in [2.45, 2.75) is 36.0 Å². The summed E-state index contributed by atoms with van der Waals surface area (Å²) in [5, 5.41) is -0.102. The highest BCUT2D eigenvalue weighted by atomic mass is 32.2. The quantitative estimate of drug-likeness (QED) is 0.753. The summed E-state index contributed by atoms with van der Waals surface area (Å²) < 4.78 is 11.3. The molecule has 26 heavy (non-hydrogen) atoms. The number of thioether (sulfide) groups is 1. The maximum absolute atomic E-state index is 13.1. The molecule has 2 aromatic rings. The molecule has 2 unspecified atom stereocenters. The third-order valence-corrected chi connectivity index (χ3v) is 5.99. The molecule has 0 radical (unpaired) electrons. The lowest BCUT2D eigenvalue weighted by atomic mass is 10.0. The van der Waals surface area contributed by atoms with Crippen LogP contribution in [0.2, 0.25) is 0 Å². The van der Waals surface area contributed by atoms with Gasteiger partial charge in [0.15, 0.2) is 11.5 Å². The van der Waals surface area contributed by atoms with Gasteiger partial charge in [-0.1, -0.05) is 24.3 Å². The van der Waals surface area contributed by atoms with E-state index in [9.17, 15) is 4.79 Å². The molecule has 0 saturated carbocycles. The van der Waals surface area contributed by atoms with E-state index in [2.05, 4.69) is 18.2 Å². The lowest BCUT2D eigenvalue weighted by molar-refractivity contribution is -0.131. The summed E-state index contributed by atoms with van der Waals surface area (Å²) in [6, 6.07) is 16.3. The van der Waals surface area contributed by atoms with Gasteiger partial charge in [-0.3, -0.25) is 4.79 Å². The fraction of sp³-hybridized carbons (Fsp3) is 0.381. The average Bonchev–Trinajstić information content (AvgIpc) is 3.17. The molecular weight excluding hydrogens is 346 g/mol. The normalized spacial score (nSPS) is 20.0. The fourth-order valence-corrected chi connectivity index (χ4v) is 4.59. The lowest BCUT2D eigenvalue weighted by Crippen LogP contribution is -2.36. The van der Waals surface area contributed by atoms with E-state index in [1.807, 2.05) is 42.2 Å². The number of likely N-dealkylation sites (tertiary alicyclic amines) is 1. The summed E-state index contributed by atoms with van der Waals surface area (Å²) in [6.07, 6.45) is 2.03. The second-order valence-electron chi connectivity index (χ2n) is 6.67. The van der Waals surface area contributed by atoms with Crippen LogP contribution < -0.4 is 9.47 Å². The van der Waals surface area contributed by atoms with Gasteiger partial charge >= 0.3 is 0 Å². The summed E-state index contributed by atoms with van der Waals surface area (Å²) in [5.74, 6) is 1.79. The smallest absolute Gasteiger partial charge is 0.236 e. The number of amides is 1. The molecular formula is C21H23NO3S. The van der Waals surface area contributed by atoms with Gasteiger partial charge in [0.2, 0.25) is 5.91 Å². The summed E-state index contributed by atoms with van der Waals surface area (Å²) in [7, 11) is 0. The van der Waals surface area contributed by atoms with Crippen LogP contribution >= 0.6 is 11.8 Å². The number of carbonyl (C=O) groups is 1. The fourth-order valence-electron chi connectivity index (χ4n) is 3.63. The molecule has 0 aromatic heterocycles. The zero-order chi connectivity index (χ0) is 17.9. The number of hydrogen-bond donors (Lipinski definition) is 0.